The molecular weight excluding hydrogens is 282 g/mol. The van der Waals surface area contributed by atoms with Crippen molar-refractivity contribution in [1.29, 1.82) is 0 Å². The second-order valence-corrected chi connectivity index (χ2v) is 5.47. The summed E-state index contributed by atoms with van der Waals surface area (Å²) >= 11 is 0. The fourth-order valence-electron chi connectivity index (χ4n) is 2.72. The lowest BCUT2D eigenvalue weighted by molar-refractivity contribution is -0.387. The molecule has 1 fully saturated rings. The number of hydrogen-bond acceptors (Lipinski definition) is 4. The lowest BCUT2D eigenvalue weighted by Crippen LogP contribution is -2.29. The molecule has 116 valence electrons. The van der Waals surface area contributed by atoms with Gasteiger partial charge in [0.05, 0.1) is 11.0 Å². The number of nitro groups is 1. The summed E-state index contributed by atoms with van der Waals surface area (Å²) in [4.78, 5) is 9.77. The first-order valence-electron chi connectivity index (χ1n) is 6.98. The molecule has 5 nitrogen and oxygen atoms in total. The summed E-state index contributed by atoms with van der Waals surface area (Å²) in [5, 5.41) is 23.2. The molecule has 21 heavy (non-hydrogen) atoms. The Kier molecular flexibility index (Phi) is 5.19. The Hall–Kier alpha value is -1.60. The summed E-state index contributed by atoms with van der Waals surface area (Å²) in [6.07, 6.45) is 3.20. The van der Waals surface area contributed by atoms with Gasteiger partial charge in [0.15, 0.2) is 0 Å². The normalized spacial score (nSPS) is 22.2. The second kappa shape index (κ2) is 6.91. The van der Waals surface area contributed by atoms with E-state index in [9.17, 15) is 24.0 Å². The van der Waals surface area contributed by atoms with Gasteiger partial charge in [-0.15, -0.1) is 0 Å². The van der Waals surface area contributed by atoms with Gasteiger partial charge in [-0.3, -0.25) is 10.1 Å². The van der Waals surface area contributed by atoms with Crippen molar-refractivity contribution in [2.45, 2.75) is 38.3 Å². The Bertz CT molecular complexity index is 525. The van der Waals surface area contributed by atoms with E-state index in [0.717, 1.165) is 25.3 Å². The van der Waals surface area contributed by atoms with Crippen LogP contribution in [-0.4, -0.2) is 22.7 Å². The van der Waals surface area contributed by atoms with Crippen LogP contribution < -0.4 is 5.32 Å². The third-order valence-corrected chi connectivity index (χ3v) is 3.82. The van der Waals surface area contributed by atoms with Crippen molar-refractivity contribution >= 4 is 5.69 Å². The lowest BCUT2D eigenvalue weighted by atomic mass is 9.87. The number of nitro benzene ring substituents is 1. The highest BCUT2D eigenvalue weighted by Crippen LogP contribution is 2.24. The van der Waals surface area contributed by atoms with Crippen molar-refractivity contribution in [2.24, 2.45) is 5.92 Å². The van der Waals surface area contributed by atoms with Crippen LogP contribution in [0.3, 0.4) is 0 Å². The van der Waals surface area contributed by atoms with E-state index in [1.54, 1.807) is 0 Å². The second-order valence-electron chi connectivity index (χ2n) is 5.47. The number of nitrogens with zero attached hydrogens (tertiary/aromatic N) is 1. The van der Waals surface area contributed by atoms with Crippen LogP contribution in [0.15, 0.2) is 12.1 Å². The predicted octanol–water partition coefficient (Wildman–Crippen LogP) is 2.51. The Morgan fingerprint density at radius 1 is 1.33 bits per heavy atom. The summed E-state index contributed by atoms with van der Waals surface area (Å²) in [7, 11) is 0. The number of rotatable bonds is 5. The maximum Gasteiger partial charge on any atom is 0.305 e. The van der Waals surface area contributed by atoms with Gasteiger partial charge < -0.3 is 10.4 Å². The number of hydrogen-bond donors (Lipinski definition) is 2. The molecule has 1 aromatic carbocycles. The van der Waals surface area contributed by atoms with Crippen LogP contribution in [0.2, 0.25) is 0 Å². The number of aliphatic hydroxyl groups excluding tert-OH is 1. The number of nitrogens with one attached hydrogen (secondary N) is 1. The average Bonchev–Trinajstić information content (AvgIpc) is 2.41. The molecular formula is C14H18F2N2O3. The summed E-state index contributed by atoms with van der Waals surface area (Å²) in [5.74, 6) is -1.65. The zero-order valence-electron chi connectivity index (χ0n) is 11.5. The van der Waals surface area contributed by atoms with Crippen LogP contribution in [0.1, 0.15) is 31.2 Å². The van der Waals surface area contributed by atoms with Crippen LogP contribution in [0, 0.1) is 27.7 Å². The molecule has 0 aliphatic heterocycles. The van der Waals surface area contributed by atoms with Gasteiger partial charge in [-0.25, -0.2) is 4.39 Å². The quantitative estimate of drug-likeness (QED) is 0.647. The Balaban J connectivity index is 1.93. The summed E-state index contributed by atoms with van der Waals surface area (Å²) in [6.45, 7) is 0.696. The van der Waals surface area contributed by atoms with E-state index < -0.39 is 22.2 Å². The van der Waals surface area contributed by atoms with E-state index in [0.29, 0.717) is 24.9 Å². The van der Waals surface area contributed by atoms with E-state index in [4.69, 9.17) is 0 Å². The zero-order valence-corrected chi connectivity index (χ0v) is 11.5. The van der Waals surface area contributed by atoms with Crippen molar-refractivity contribution < 1.29 is 18.8 Å². The molecule has 0 saturated heterocycles. The van der Waals surface area contributed by atoms with Gasteiger partial charge in [0, 0.05) is 24.2 Å². The molecule has 0 bridgehead atoms. The fraction of sp³-hybridized carbons (Fsp3) is 0.571. The Labute approximate surface area is 121 Å². The molecule has 2 atom stereocenters. The number of benzene rings is 1. The predicted molar refractivity (Wildman–Crippen MR) is 72.7 cm³/mol. The van der Waals surface area contributed by atoms with Gasteiger partial charge in [-0.2, -0.15) is 4.39 Å². The van der Waals surface area contributed by atoms with Crippen LogP contribution >= 0.6 is 0 Å². The van der Waals surface area contributed by atoms with Gasteiger partial charge in [0.1, 0.15) is 5.82 Å². The Morgan fingerprint density at radius 3 is 2.76 bits per heavy atom. The van der Waals surface area contributed by atoms with E-state index in [1.807, 2.05) is 0 Å². The van der Waals surface area contributed by atoms with Crippen LogP contribution in [0.25, 0.3) is 0 Å². The summed E-state index contributed by atoms with van der Waals surface area (Å²) < 4.78 is 26.8. The molecule has 0 radical (unpaired) electrons. The largest absolute Gasteiger partial charge is 0.393 e. The van der Waals surface area contributed by atoms with Crippen molar-refractivity contribution in [3.8, 4) is 0 Å². The lowest BCUT2D eigenvalue weighted by Gasteiger charge is -2.26. The number of halogens is 2. The number of aliphatic hydroxyl groups is 1. The topological polar surface area (TPSA) is 75.4 Å². The van der Waals surface area contributed by atoms with Crippen molar-refractivity contribution in [1.82, 2.24) is 5.32 Å². The molecule has 1 aromatic rings. The monoisotopic (exact) mass is 300 g/mol. The SMILES string of the molecule is O=[N+]([O-])c1cc(CNCC2CCCC(O)C2)c(F)cc1F. The molecule has 1 aliphatic rings. The highest BCUT2D eigenvalue weighted by molar-refractivity contribution is 5.37. The molecule has 0 spiro atoms. The minimum absolute atomic E-state index is 0.0689. The minimum atomic E-state index is -1.17. The van der Waals surface area contributed by atoms with Gasteiger partial charge in [0.25, 0.3) is 0 Å². The highest BCUT2D eigenvalue weighted by Gasteiger charge is 2.21. The van der Waals surface area contributed by atoms with E-state index in [2.05, 4.69) is 5.32 Å². The highest BCUT2D eigenvalue weighted by atomic mass is 19.1. The van der Waals surface area contributed by atoms with Crippen molar-refractivity contribution in [2.75, 3.05) is 6.54 Å². The van der Waals surface area contributed by atoms with Crippen LogP contribution in [0.4, 0.5) is 14.5 Å². The van der Waals surface area contributed by atoms with Gasteiger partial charge in [-0.1, -0.05) is 6.42 Å². The molecule has 2 N–H and O–H groups in total. The van der Waals surface area contributed by atoms with Crippen molar-refractivity contribution in [3.63, 3.8) is 0 Å². The molecule has 2 unspecified atom stereocenters. The summed E-state index contributed by atoms with van der Waals surface area (Å²) in [6, 6.07) is 1.47. The van der Waals surface area contributed by atoms with Gasteiger partial charge >= 0.3 is 5.69 Å². The Morgan fingerprint density at radius 2 is 2.10 bits per heavy atom. The molecule has 2 rings (SSSR count). The molecule has 7 heteroatoms. The zero-order chi connectivity index (χ0) is 15.4. The van der Waals surface area contributed by atoms with Crippen molar-refractivity contribution in [3.05, 3.63) is 39.4 Å². The molecule has 0 aromatic heterocycles. The van der Waals surface area contributed by atoms with E-state index >= 15 is 0 Å². The fourth-order valence-corrected chi connectivity index (χ4v) is 2.72. The maximum absolute atomic E-state index is 13.6. The molecule has 1 aliphatic carbocycles. The average molecular weight is 300 g/mol. The first-order chi connectivity index (χ1) is 9.97. The smallest absolute Gasteiger partial charge is 0.305 e. The van der Waals surface area contributed by atoms with Gasteiger partial charge in [-0.05, 0) is 31.7 Å². The first kappa shape index (κ1) is 15.8. The minimum Gasteiger partial charge on any atom is -0.393 e. The van der Waals surface area contributed by atoms with Crippen LogP contribution in [0.5, 0.6) is 0 Å². The van der Waals surface area contributed by atoms with E-state index in [1.165, 1.54) is 0 Å². The standard InChI is InChI=1S/C14H18F2N2O3/c15-12-6-13(16)14(18(20)21)5-10(12)8-17-7-9-2-1-3-11(19)4-9/h5-6,9,11,17,19H,1-4,7-8H2. The first-order valence-corrected chi connectivity index (χ1v) is 6.98. The van der Waals surface area contributed by atoms with Gasteiger partial charge in [0.2, 0.25) is 5.82 Å². The maximum atomic E-state index is 13.6. The van der Waals surface area contributed by atoms with E-state index in [-0.39, 0.29) is 18.2 Å². The summed E-state index contributed by atoms with van der Waals surface area (Å²) in [5.41, 5.74) is -0.652. The third-order valence-electron chi connectivity index (χ3n) is 3.82. The third kappa shape index (κ3) is 4.18. The molecule has 1 saturated carbocycles. The van der Waals surface area contributed by atoms with Crippen LogP contribution in [-0.2, 0) is 6.54 Å². The molecule has 0 amide bonds. The molecule has 0 heterocycles.